The van der Waals surface area contributed by atoms with Crippen molar-refractivity contribution in [1.29, 1.82) is 0 Å². The van der Waals surface area contributed by atoms with Crippen LogP contribution >= 0.6 is 12.4 Å². The molecule has 22 nitrogen and oxygen atoms in total. The Morgan fingerprint density at radius 1 is 0.761 bits per heavy atom. The molecular weight excluding hydrogens is 986 g/mol. The van der Waals surface area contributed by atoms with Gasteiger partial charge in [-0.1, -0.05) is 24.3 Å². The minimum Gasteiger partial charge on any atom is -0.496 e. The SMILES string of the molecule is COc1cccc(C(=O)NN(C(=O)c2ccc(C=O)c(B(O)O)c2)C(C)(C)C)c1C.COc1cccc(C(=O)NN(C(=O)c2ccc3c(c2)B(O)N(S(C)(=O)=O)N=C3)C(C)(C)C)c1C.CS(=O)(=O)NN.Cl. The zero-order chi connectivity index (χ0) is 53.3. The van der Waals surface area contributed by atoms with Crippen LogP contribution in [0.2, 0.25) is 0 Å². The number of halogens is 1. The Hall–Kier alpha value is -6.38. The van der Waals surface area contributed by atoms with Crippen LogP contribution in [0.3, 0.4) is 0 Å². The number of nitrogens with one attached hydrogen (secondary N) is 3. The fraction of sp³-hybridized carbons (Fsp3) is 0.318. The number of rotatable bonds is 10. The molecule has 8 N–H and O–H groups in total. The molecule has 71 heavy (non-hydrogen) atoms. The molecule has 0 saturated carbocycles. The summed E-state index contributed by atoms with van der Waals surface area (Å²) in [4.78, 5) is 65.3. The summed E-state index contributed by atoms with van der Waals surface area (Å²) >= 11 is 0. The van der Waals surface area contributed by atoms with Crippen LogP contribution in [-0.2, 0) is 20.0 Å². The molecule has 1 aliphatic heterocycles. The van der Waals surface area contributed by atoms with Crippen molar-refractivity contribution in [1.82, 2.24) is 30.0 Å². The monoisotopic (exact) mass is 1040 g/mol. The van der Waals surface area contributed by atoms with Gasteiger partial charge >= 0.3 is 14.2 Å². The van der Waals surface area contributed by atoms with Crippen molar-refractivity contribution in [3.63, 3.8) is 0 Å². The maximum Gasteiger partial charge on any atom is 0.489 e. The average molecular weight is 1050 g/mol. The Morgan fingerprint density at radius 2 is 1.18 bits per heavy atom. The molecule has 4 aromatic carbocycles. The minimum atomic E-state index is -3.82. The van der Waals surface area contributed by atoms with E-state index in [1.807, 2.05) is 0 Å². The number of carbonyl (C=O) groups excluding carboxylic acids is 5. The standard InChI is InChI=1S/C22H27BN4O6S.C21H25BN2O6.CH6N2O2S.ClH/c1-14-17(8-7-9-19(14)33-5)20(28)25-26(22(2,3)4)21(29)15-10-11-16-13-24-27(34(6,31)32)23(30)18(16)12-15;1-13-16(7-6-8-18(13)30-5)19(26)23-24(21(2,3)4)20(27)14-9-10-15(12-25)17(11-14)22(28)29;1-6(4,5)3-2;/h7-13,30H,1-6H3,(H,25,28);6-12,28-29H,1-5H3,(H,23,26);3H,2H2,1H3;1H. The third kappa shape index (κ3) is 15.8. The molecule has 1 aliphatic rings. The summed E-state index contributed by atoms with van der Waals surface area (Å²) in [6.45, 7) is 14.0. The number of fused-ring (bicyclic) bond motifs is 1. The van der Waals surface area contributed by atoms with Gasteiger partial charge in [-0.25, -0.2) is 31.2 Å². The highest BCUT2D eigenvalue weighted by atomic mass is 35.5. The van der Waals surface area contributed by atoms with Crippen LogP contribution in [0.1, 0.15) is 110 Å². The summed E-state index contributed by atoms with van der Waals surface area (Å²) in [6, 6.07) is 18.5. The van der Waals surface area contributed by atoms with E-state index in [1.165, 1.54) is 55.8 Å². The smallest absolute Gasteiger partial charge is 0.489 e. The van der Waals surface area contributed by atoms with E-state index in [0.29, 0.717) is 49.9 Å². The summed E-state index contributed by atoms with van der Waals surface area (Å²) in [7, 11) is -7.45. The van der Waals surface area contributed by atoms with E-state index in [1.54, 1.807) is 103 Å². The first-order chi connectivity index (χ1) is 32.3. The summed E-state index contributed by atoms with van der Waals surface area (Å²) in [5.74, 6) is 3.45. The van der Waals surface area contributed by atoms with E-state index < -0.39 is 68.9 Å². The van der Waals surface area contributed by atoms with Crippen LogP contribution in [-0.4, -0.2) is 134 Å². The Kier molecular flexibility index (Phi) is 21.1. The summed E-state index contributed by atoms with van der Waals surface area (Å²) in [6.07, 6.45) is 3.67. The number of amides is 4. The van der Waals surface area contributed by atoms with Crippen molar-refractivity contribution in [3.05, 3.63) is 117 Å². The van der Waals surface area contributed by atoms with Gasteiger partial charge in [0.1, 0.15) is 17.8 Å². The largest absolute Gasteiger partial charge is 0.496 e. The van der Waals surface area contributed by atoms with Crippen LogP contribution in [0.15, 0.2) is 77.9 Å². The summed E-state index contributed by atoms with van der Waals surface area (Å²) in [5.41, 5.74) is 6.52. The van der Waals surface area contributed by atoms with Crippen LogP contribution < -0.4 is 41.9 Å². The first kappa shape index (κ1) is 60.7. The minimum absolute atomic E-state index is 0. The van der Waals surface area contributed by atoms with Crippen LogP contribution in [0.4, 0.5) is 0 Å². The Labute approximate surface area is 420 Å². The Morgan fingerprint density at radius 3 is 1.55 bits per heavy atom. The van der Waals surface area contributed by atoms with Gasteiger partial charge in [0.2, 0.25) is 20.0 Å². The second-order valence-electron chi connectivity index (χ2n) is 17.5. The normalized spacial score (nSPS) is 12.0. The van der Waals surface area contributed by atoms with Gasteiger partial charge in [-0.3, -0.25) is 40.7 Å². The molecule has 5 rings (SSSR count). The van der Waals surface area contributed by atoms with Crippen molar-refractivity contribution in [2.75, 3.05) is 26.7 Å². The van der Waals surface area contributed by atoms with E-state index in [2.05, 4.69) is 21.8 Å². The lowest BCUT2D eigenvalue weighted by molar-refractivity contribution is 0.0357. The van der Waals surface area contributed by atoms with E-state index in [4.69, 9.17) is 9.47 Å². The third-order valence-electron chi connectivity index (χ3n) is 10.1. The molecule has 0 unspecified atom stereocenters. The zero-order valence-corrected chi connectivity index (χ0v) is 43.6. The highest BCUT2D eigenvalue weighted by Gasteiger charge is 2.37. The number of nitrogens with zero attached hydrogens (tertiary/aromatic N) is 4. The van der Waals surface area contributed by atoms with Crippen molar-refractivity contribution < 1.29 is 65.4 Å². The molecule has 0 radical (unpaired) electrons. The van der Waals surface area contributed by atoms with Gasteiger partial charge < -0.3 is 24.5 Å². The molecule has 1 heterocycles. The van der Waals surface area contributed by atoms with Crippen molar-refractivity contribution >= 4 is 93.7 Å². The number of hydrogen-bond donors (Lipinski definition) is 7. The molecule has 4 amide bonds. The number of carbonyl (C=O) groups is 5. The molecular formula is C44H59B2ClN8O14S2. The zero-order valence-electron chi connectivity index (χ0n) is 41.2. The molecule has 0 aliphatic carbocycles. The molecule has 0 atom stereocenters. The van der Waals surface area contributed by atoms with E-state index in [0.717, 1.165) is 17.5 Å². The summed E-state index contributed by atoms with van der Waals surface area (Å²) < 4.78 is 54.4. The molecule has 0 aromatic heterocycles. The second-order valence-corrected chi connectivity index (χ2v) is 21.1. The topological polar surface area (TPSA) is 317 Å². The number of aldehydes is 1. The van der Waals surface area contributed by atoms with Crippen LogP contribution in [0.25, 0.3) is 0 Å². The lowest BCUT2D eigenvalue weighted by Crippen LogP contribution is -2.56. The van der Waals surface area contributed by atoms with Gasteiger partial charge in [0.25, 0.3) is 23.6 Å². The number of sulfonamides is 2. The quantitative estimate of drug-likeness (QED) is 0.0500. The molecule has 0 saturated heterocycles. The first-order valence-electron chi connectivity index (χ1n) is 20.9. The maximum atomic E-state index is 13.5. The third-order valence-corrected chi connectivity index (χ3v) is 11.5. The molecule has 4 aromatic rings. The van der Waals surface area contributed by atoms with Crippen molar-refractivity contribution in [2.24, 2.45) is 10.9 Å². The molecule has 0 bridgehead atoms. The van der Waals surface area contributed by atoms with Gasteiger partial charge in [0, 0.05) is 38.9 Å². The molecule has 0 spiro atoms. The number of hydrogen-bond acceptors (Lipinski definition) is 16. The van der Waals surface area contributed by atoms with Crippen LogP contribution in [0.5, 0.6) is 11.5 Å². The van der Waals surface area contributed by atoms with Gasteiger partial charge in [0.05, 0.1) is 44.0 Å². The van der Waals surface area contributed by atoms with Gasteiger partial charge in [-0.15, -0.1) is 12.4 Å². The highest BCUT2D eigenvalue weighted by molar-refractivity contribution is 7.89. The number of hydrazone groups is 1. The van der Waals surface area contributed by atoms with E-state index >= 15 is 0 Å². The fourth-order valence-electron chi connectivity index (χ4n) is 6.45. The number of hydrazine groups is 3. The first-order valence-corrected chi connectivity index (χ1v) is 24.6. The van der Waals surface area contributed by atoms with E-state index in [-0.39, 0.29) is 40.0 Å². The lowest BCUT2D eigenvalue weighted by atomic mass is 9.71. The Balaban J connectivity index is 0.000000433. The number of methoxy groups -OCH3 is 2. The van der Waals surface area contributed by atoms with Gasteiger partial charge in [-0.05, 0) is 120 Å². The van der Waals surface area contributed by atoms with Gasteiger partial charge in [-0.2, -0.15) is 9.93 Å². The summed E-state index contributed by atoms with van der Waals surface area (Å²) in [5, 5.41) is 35.7. The van der Waals surface area contributed by atoms with E-state index in [9.17, 15) is 55.9 Å². The maximum absolute atomic E-state index is 13.5. The lowest BCUT2D eigenvalue weighted by Gasteiger charge is -2.36. The Bertz CT molecular complexity index is 2880. The fourth-order valence-corrected chi connectivity index (χ4v) is 7.14. The van der Waals surface area contributed by atoms with Crippen LogP contribution in [0, 0.1) is 13.8 Å². The number of benzene rings is 4. The molecule has 0 fully saturated rings. The van der Waals surface area contributed by atoms with Crippen molar-refractivity contribution in [2.45, 2.75) is 66.5 Å². The average Bonchev–Trinajstić information content (AvgIpc) is 3.28. The number of nitrogens with two attached hydrogens (primary N) is 1. The van der Waals surface area contributed by atoms with Gasteiger partial charge in [0.15, 0.2) is 0 Å². The molecule has 384 valence electrons. The predicted octanol–water partition coefficient (Wildman–Crippen LogP) is 0.799. The second kappa shape index (κ2) is 24.6. The highest BCUT2D eigenvalue weighted by Crippen LogP contribution is 2.24. The number of ether oxygens (including phenoxy) is 2. The molecule has 27 heteroatoms. The van der Waals surface area contributed by atoms with Crippen molar-refractivity contribution in [3.8, 4) is 11.5 Å². The predicted molar refractivity (Wildman–Crippen MR) is 272 cm³/mol.